The van der Waals surface area contributed by atoms with Crippen LogP contribution in [0.3, 0.4) is 0 Å². The summed E-state index contributed by atoms with van der Waals surface area (Å²) >= 11 is 3.95. The Kier molecular flexibility index (Phi) is 5.11. The van der Waals surface area contributed by atoms with Gasteiger partial charge >= 0.3 is 0 Å². The zero-order valence-electron chi connectivity index (χ0n) is 9.43. The predicted molar refractivity (Wildman–Crippen MR) is 65.8 cm³/mol. The number of thiol groups is 1. The zero-order valence-corrected chi connectivity index (χ0v) is 10.3. The van der Waals surface area contributed by atoms with Gasteiger partial charge in [-0.15, -0.1) is 0 Å². The number of aliphatic hydroxyl groups excluding tert-OH is 2. The molecule has 1 rings (SSSR count). The van der Waals surface area contributed by atoms with Crippen molar-refractivity contribution in [1.29, 1.82) is 0 Å². The number of carbonyl (C=O) groups is 1. The molecule has 2 atom stereocenters. The van der Waals surface area contributed by atoms with E-state index in [2.05, 4.69) is 12.6 Å². The van der Waals surface area contributed by atoms with Gasteiger partial charge in [0, 0.05) is 0 Å². The molecule has 0 saturated carbocycles. The molecular weight excluding hydrogens is 243 g/mol. The third-order valence-electron chi connectivity index (χ3n) is 2.50. The molecule has 2 N–H and O–H groups in total. The zero-order chi connectivity index (χ0) is 13.0. The van der Waals surface area contributed by atoms with Crippen molar-refractivity contribution in [3.63, 3.8) is 0 Å². The van der Waals surface area contributed by atoms with Gasteiger partial charge in [-0.3, -0.25) is 4.79 Å². The topological polar surface area (TPSA) is 57.5 Å². The van der Waals surface area contributed by atoms with E-state index in [9.17, 15) is 19.4 Å². The third-order valence-corrected chi connectivity index (χ3v) is 2.76. The molecule has 0 aliphatic carbocycles. The van der Waals surface area contributed by atoms with Crippen LogP contribution in [0.5, 0.6) is 0 Å². The van der Waals surface area contributed by atoms with Crippen molar-refractivity contribution in [2.45, 2.75) is 25.6 Å². The number of benzene rings is 1. The fourth-order valence-corrected chi connectivity index (χ4v) is 1.77. The minimum absolute atomic E-state index is 0.0837. The van der Waals surface area contributed by atoms with E-state index in [1.165, 1.54) is 19.1 Å². The van der Waals surface area contributed by atoms with Gasteiger partial charge in [0.15, 0.2) is 5.78 Å². The number of rotatable bonds is 5. The summed E-state index contributed by atoms with van der Waals surface area (Å²) in [6.07, 6.45) is -1.80. The van der Waals surface area contributed by atoms with Gasteiger partial charge < -0.3 is 10.2 Å². The summed E-state index contributed by atoms with van der Waals surface area (Å²) in [5.41, 5.74) is 0.241. The molecule has 94 valence electrons. The third kappa shape index (κ3) is 3.52. The average molecular weight is 258 g/mol. The molecule has 0 aliphatic heterocycles. The van der Waals surface area contributed by atoms with Crippen LogP contribution in [0.1, 0.15) is 35.4 Å². The van der Waals surface area contributed by atoms with E-state index in [-0.39, 0.29) is 5.56 Å². The Balaban J connectivity index is 2.99. The van der Waals surface area contributed by atoms with Crippen molar-refractivity contribution < 1.29 is 19.4 Å². The highest BCUT2D eigenvalue weighted by molar-refractivity contribution is 7.80. The molecule has 1 aromatic carbocycles. The first-order valence-corrected chi connectivity index (χ1v) is 5.88. The molecule has 0 bridgehead atoms. The van der Waals surface area contributed by atoms with Crippen LogP contribution in [-0.2, 0) is 0 Å². The number of hydrogen-bond acceptors (Lipinski definition) is 4. The van der Waals surface area contributed by atoms with Crippen molar-refractivity contribution in [2.75, 3.05) is 5.75 Å². The number of Topliss-reactive ketones (excluding diaryl/α,β-unsaturated/α-hetero) is 1. The molecular formula is C12H15FO3S. The number of carbonyl (C=O) groups excluding carboxylic acids is 1. The fraction of sp³-hybridized carbons (Fsp3) is 0.417. The monoisotopic (exact) mass is 258 g/mol. The second-order valence-corrected chi connectivity index (χ2v) is 4.27. The Morgan fingerprint density at radius 1 is 1.47 bits per heavy atom. The Hall–Kier alpha value is -0.910. The summed E-state index contributed by atoms with van der Waals surface area (Å²) < 4.78 is 13.3. The van der Waals surface area contributed by atoms with Crippen molar-refractivity contribution in [2.24, 2.45) is 0 Å². The number of aliphatic hydroxyl groups is 2. The Morgan fingerprint density at radius 3 is 2.65 bits per heavy atom. The van der Waals surface area contributed by atoms with Crippen LogP contribution in [0, 0.1) is 5.82 Å². The van der Waals surface area contributed by atoms with Crippen LogP contribution in [0.25, 0.3) is 0 Å². The highest BCUT2D eigenvalue weighted by Gasteiger charge is 2.19. The number of hydrogen-bond donors (Lipinski definition) is 3. The molecule has 0 amide bonds. The number of halogens is 1. The molecule has 0 radical (unpaired) electrons. The lowest BCUT2D eigenvalue weighted by atomic mass is 9.99. The summed E-state index contributed by atoms with van der Waals surface area (Å²) in [7, 11) is 0. The van der Waals surface area contributed by atoms with E-state index < -0.39 is 23.8 Å². The van der Waals surface area contributed by atoms with Gasteiger partial charge in [0.2, 0.25) is 0 Å². The number of ketones is 1. The van der Waals surface area contributed by atoms with Gasteiger partial charge in [-0.05, 0) is 36.8 Å². The van der Waals surface area contributed by atoms with Crippen LogP contribution >= 0.6 is 12.6 Å². The van der Waals surface area contributed by atoms with Gasteiger partial charge in [-0.25, -0.2) is 4.39 Å². The summed E-state index contributed by atoms with van der Waals surface area (Å²) in [6.45, 7) is 1.25. The maximum Gasteiger partial charge on any atom is 0.162 e. The first-order valence-electron chi connectivity index (χ1n) is 5.24. The van der Waals surface area contributed by atoms with E-state index >= 15 is 0 Å². The first kappa shape index (κ1) is 14.2. The molecule has 3 nitrogen and oxygen atoms in total. The summed E-state index contributed by atoms with van der Waals surface area (Å²) in [4.78, 5) is 11.1. The van der Waals surface area contributed by atoms with Crippen molar-refractivity contribution in [3.05, 3.63) is 35.1 Å². The maximum atomic E-state index is 13.3. The highest BCUT2D eigenvalue weighted by Crippen LogP contribution is 2.22. The lowest BCUT2D eigenvalue weighted by molar-refractivity contribution is 0.0171. The molecule has 1 aromatic rings. The molecule has 0 heterocycles. The standard InChI is InChI=1S/C12H15FO3S/c1-7(14)9-6-8(2-3-10(9)13)12(16)11(15)4-5-17/h2-3,6,11-12,15-17H,4-5H2,1H3. The summed E-state index contributed by atoms with van der Waals surface area (Å²) in [6, 6.07) is 3.74. The second-order valence-electron chi connectivity index (χ2n) is 3.82. The molecule has 5 heteroatoms. The van der Waals surface area contributed by atoms with Gasteiger partial charge in [0.1, 0.15) is 11.9 Å². The van der Waals surface area contributed by atoms with Crippen LogP contribution in [0.2, 0.25) is 0 Å². The largest absolute Gasteiger partial charge is 0.390 e. The molecule has 0 spiro atoms. The van der Waals surface area contributed by atoms with Crippen LogP contribution in [-0.4, -0.2) is 27.9 Å². The van der Waals surface area contributed by atoms with Crippen molar-refractivity contribution in [3.8, 4) is 0 Å². The molecule has 0 saturated heterocycles. The van der Waals surface area contributed by atoms with E-state index in [1.54, 1.807) is 0 Å². The predicted octanol–water partition coefficient (Wildman–Crippen LogP) is 1.74. The van der Waals surface area contributed by atoms with E-state index in [1.807, 2.05) is 0 Å². The SMILES string of the molecule is CC(=O)c1cc(C(O)C(O)CCS)ccc1F. The van der Waals surface area contributed by atoms with Crippen LogP contribution in [0.15, 0.2) is 18.2 Å². The Bertz CT molecular complexity index is 409. The van der Waals surface area contributed by atoms with E-state index in [4.69, 9.17) is 0 Å². The fourth-order valence-electron chi connectivity index (χ4n) is 1.51. The Morgan fingerprint density at radius 2 is 2.12 bits per heavy atom. The summed E-state index contributed by atoms with van der Waals surface area (Å²) in [5, 5.41) is 19.4. The van der Waals surface area contributed by atoms with Gasteiger partial charge in [-0.2, -0.15) is 12.6 Å². The molecule has 0 fully saturated rings. The minimum atomic E-state index is -1.14. The van der Waals surface area contributed by atoms with Crippen LogP contribution in [0.4, 0.5) is 4.39 Å². The normalized spacial score (nSPS) is 14.4. The van der Waals surface area contributed by atoms with Crippen molar-refractivity contribution in [1.82, 2.24) is 0 Å². The first-order chi connectivity index (χ1) is 7.97. The second kappa shape index (κ2) is 6.14. The Labute approximate surface area is 105 Å². The molecule has 0 aromatic heterocycles. The van der Waals surface area contributed by atoms with Crippen LogP contribution < -0.4 is 0 Å². The quantitative estimate of drug-likeness (QED) is 0.557. The van der Waals surface area contributed by atoms with Gasteiger partial charge in [0.25, 0.3) is 0 Å². The molecule has 17 heavy (non-hydrogen) atoms. The molecule has 2 unspecified atom stereocenters. The lowest BCUT2D eigenvalue weighted by Gasteiger charge is -2.17. The highest BCUT2D eigenvalue weighted by atomic mass is 32.1. The van der Waals surface area contributed by atoms with Crippen molar-refractivity contribution >= 4 is 18.4 Å². The molecule has 0 aliphatic rings. The minimum Gasteiger partial charge on any atom is -0.390 e. The smallest absolute Gasteiger partial charge is 0.162 e. The maximum absolute atomic E-state index is 13.3. The average Bonchev–Trinajstić information content (AvgIpc) is 2.28. The van der Waals surface area contributed by atoms with E-state index in [0.717, 1.165) is 6.07 Å². The van der Waals surface area contributed by atoms with Gasteiger partial charge in [-0.1, -0.05) is 6.07 Å². The van der Waals surface area contributed by atoms with Gasteiger partial charge in [0.05, 0.1) is 11.7 Å². The van der Waals surface area contributed by atoms with E-state index in [0.29, 0.717) is 17.7 Å². The summed E-state index contributed by atoms with van der Waals surface area (Å²) in [5.74, 6) is -0.615. The lowest BCUT2D eigenvalue weighted by Crippen LogP contribution is -2.19.